The van der Waals surface area contributed by atoms with Crippen LogP contribution in [-0.2, 0) is 25.7 Å². The van der Waals surface area contributed by atoms with Crippen LogP contribution in [-0.4, -0.2) is 47.9 Å². The summed E-state index contributed by atoms with van der Waals surface area (Å²) in [5.41, 5.74) is 1.68. The summed E-state index contributed by atoms with van der Waals surface area (Å²) in [5.74, 6) is -2.68. The first kappa shape index (κ1) is 23.7. The lowest BCUT2D eigenvalue weighted by Gasteiger charge is -2.23. The van der Waals surface area contributed by atoms with E-state index in [9.17, 15) is 14.4 Å². The largest absolute Gasteiger partial charge is 0.453 e. The van der Waals surface area contributed by atoms with Crippen molar-refractivity contribution in [1.29, 1.82) is 0 Å². The maximum Gasteiger partial charge on any atom is 0.357 e. The second kappa shape index (κ2) is 12.2. The number of rotatable bonds is 11. The van der Waals surface area contributed by atoms with E-state index in [1.165, 1.54) is 23.5 Å². The molecule has 33 heavy (non-hydrogen) atoms. The van der Waals surface area contributed by atoms with Gasteiger partial charge in [0.1, 0.15) is 12.2 Å². The molecule has 0 aliphatic carbocycles. The van der Waals surface area contributed by atoms with Gasteiger partial charge in [0.05, 0.1) is 6.61 Å². The molecule has 0 bridgehead atoms. The van der Waals surface area contributed by atoms with Crippen molar-refractivity contribution in [1.82, 2.24) is 9.97 Å². The lowest BCUT2D eigenvalue weighted by Crippen LogP contribution is -2.39. The molecule has 1 atom stereocenters. The van der Waals surface area contributed by atoms with Crippen LogP contribution in [0.2, 0.25) is 0 Å². The van der Waals surface area contributed by atoms with Crippen molar-refractivity contribution in [3.63, 3.8) is 0 Å². The zero-order valence-electron chi connectivity index (χ0n) is 18.3. The van der Waals surface area contributed by atoms with Gasteiger partial charge in [0.15, 0.2) is 18.1 Å². The Hall–Kier alpha value is -3.91. The van der Waals surface area contributed by atoms with Gasteiger partial charge in [0.25, 0.3) is 0 Å². The molecule has 0 aliphatic heterocycles. The Morgan fingerprint density at radius 1 is 0.970 bits per heavy atom. The summed E-state index contributed by atoms with van der Waals surface area (Å²) in [4.78, 5) is 47.2. The van der Waals surface area contributed by atoms with Gasteiger partial charge in [-0.15, -0.1) is 0 Å². The van der Waals surface area contributed by atoms with Gasteiger partial charge in [0.2, 0.25) is 5.91 Å². The molecule has 0 aliphatic rings. The standard InChI is InChI=1S/C25H25N3O5/c1-28(20-10-6-3-7-11-20)24(30)21(13-15-32-16-19-8-4-2-5-9-19)23(29)17-33-25(31)22-12-14-26-18-27-22/h2-12,14,18,21H,13,15-17H2,1H3. The Bertz CT molecular complexity index is 1050. The molecular weight excluding hydrogens is 422 g/mol. The number of carbonyl (C=O) groups is 3. The highest BCUT2D eigenvalue weighted by Gasteiger charge is 2.30. The zero-order valence-corrected chi connectivity index (χ0v) is 18.3. The molecule has 0 fully saturated rings. The van der Waals surface area contributed by atoms with Crippen LogP contribution in [0.5, 0.6) is 0 Å². The summed E-state index contributed by atoms with van der Waals surface area (Å²) in [6, 6.07) is 20.0. The number of nitrogens with zero attached hydrogens (tertiary/aromatic N) is 3. The van der Waals surface area contributed by atoms with Gasteiger partial charge in [-0.05, 0) is 30.2 Å². The van der Waals surface area contributed by atoms with Gasteiger partial charge in [-0.2, -0.15) is 0 Å². The lowest BCUT2D eigenvalue weighted by molar-refractivity contribution is -0.135. The number of amides is 1. The van der Waals surface area contributed by atoms with E-state index in [2.05, 4.69) is 9.97 Å². The van der Waals surface area contributed by atoms with E-state index < -0.39 is 30.2 Å². The third-order valence-corrected chi connectivity index (χ3v) is 4.96. The van der Waals surface area contributed by atoms with Gasteiger partial charge < -0.3 is 14.4 Å². The Morgan fingerprint density at radius 2 is 1.67 bits per heavy atom. The minimum absolute atomic E-state index is 0.0354. The van der Waals surface area contributed by atoms with E-state index in [0.29, 0.717) is 12.3 Å². The molecule has 1 unspecified atom stereocenters. The molecule has 2 aromatic carbocycles. The van der Waals surface area contributed by atoms with Crippen molar-refractivity contribution in [3.05, 3.63) is 90.5 Å². The monoisotopic (exact) mass is 447 g/mol. The number of benzene rings is 2. The maximum atomic E-state index is 13.2. The van der Waals surface area contributed by atoms with Gasteiger partial charge in [0, 0.05) is 25.5 Å². The van der Waals surface area contributed by atoms with Crippen LogP contribution < -0.4 is 4.90 Å². The highest BCUT2D eigenvalue weighted by molar-refractivity contribution is 6.09. The van der Waals surface area contributed by atoms with Crippen LogP contribution in [0.1, 0.15) is 22.5 Å². The second-order valence-electron chi connectivity index (χ2n) is 7.25. The van der Waals surface area contributed by atoms with Gasteiger partial charge in [-0.3, -0.25) is 9.59 Å². The zero-order chi connectivity index (χ0) is 23.5. The van der Waals surface area contributed by atoms with Crippen LogP contribution >= 0.6 is 0 Å². The van der Waals surface area contributed by atoms with E-state index in [1.807, 2.05) is 48.5 Å². The van der Waals surface area contributed by atoms with Crippen LogP contribution in [0, 0.1) is 5.92 Å². The number of esters is 1. The minimum atomic E-state index is -1.02. The molecule has 1 aromatic heterocycles. The third-order valence-electron chi connectivity index (χ3n) is 4.96. The first-order valence-corrected chi connectivity index (χ1v) is 10.5. The van der Waals surface area contributed by atoms with E-state index in [-0.39, 0.29) is 18.7 Å². The summed E-state index contributed by atoms with van der Waals surface area (Å²) >= 11 is 0. The summed E-state index contributed by atoms with van der Waals surface area (Å²) < 4.78 is 10.8. The number of anilines is 1. The Balaban J connectivity index is 1.63. The fourth-order valence-corrected chi connectivity index (χ4v) is 3.12. The average molecular weight is 447 g/mol. The van der Waals surface area contributed by atoms with E-state index in [4.69, 9.17) is 9.47 Å². The van der Waals surface area contributed by atoms with Crippen LogP contribution in [0.25, 0.3) is 0 Å². The Kier molecular flexibility index (Phi) is 8.79. The fraction of sp³-hybridized carbons (Fsp3) is 0.240. The molecule has 170 valence electrons. The van der Waals surface area contributed by atoms with Crippen molar-refractivity contribution in [3.8, 4) is 0 Å². The third kappa shape index (κ3) is 7.05. The first-order chi connectivity index (χ1) is 16.1. The molecule has 3 aromatic rings. The number of hydrogen-bond donors (Lipinski definition) is 0. The number of aromatic nitrogens is 2. The number of para-hydroxylation sites is 1. The minimum Gasteiger partial charge on any atom is -0.453 e. The van der Waals surface area contributed by atoms with Crippen molar-refractivity contribution in [2.24, 2.45) is 5.92 Å². The summed E-state index contributed by atoms with van der Waals surface area (Å²) in [7, 11) is 1.61. The fourth-order valence-electron chi connectivity index (χ4n) is 3.12. The van der Waals surface area contributed by atoms with Gasteiger partial charge >= 0.3 is 5.97 Å². The number of ketones is 1. The summed E-state index contributed by atoms with van der Waals surface area (Å²) in [6.45, 7) is 0.0211. The predicted molar refractivity (Wildman–Crippen MR) is 121 cm³/mol. The Morgan fingerprint density at radius 3 is 2.33 bits per heavy atom. The molecule has 0 saturated carbocycles. The molecule has 3 rings (SSSR count). The molecule has 0 spiro atoms. The Labute approximate surface area is 192 Å². The molecule has 0 radical (unpaired) electrons. The molecule has 0 saturated heterocycles. The van der Waals surface area contributed by atoms with Gasteiger partial charge in [-0.1, -0.05) is 48.5 Å². The number of Topliss-reactive ketones (excluding diaryl/α,β-unsaturated/α-hetero) is 1. The molecule has 8 nitrogen and oxygen atoms in total. The number of carbonyl (C=O) groups excluding carboxylic acids is 3. The molecule has 1 heterocycles. The van der Waals surface area contributed by atoms with E-state index >= 15 is 0 Å². The predicted octanol–water partition coefficient (Wildman–Crippen LogP) is 3.09. The van der Waals surface area contributed by atoms with E-state index in [1.54, 1.807) is 19.2 Å². The van der Waals surface area contributed by atoms with Gasteiger partial charge in [-0.25, -0.2) is 14.8 Å². The quantitative estimate of drug-likeness (QED) is 0.253. The second-order valence-corrected chi connectivity index (χ2v) is 7.25. The van der Waals surface area contributed by atoms with Crippen LogP contribution in [0.15, 0.2) is 79.3 Å². The molecule has 1 amide bonds. The molecule has 0 N–H and O–H groups in total. The highest BCUT2D eigenvalue weighted by atomic mass is 16.5. The van der Waals surface area contributed by atoms with Crippen molar-refractivity contribution >= 4 is 23.3 Å². The SMILES string of the molecule is CN(C(=O)C(CCOCc1ccccc1)C(=O)COC(=O)c1ccncn1)c1ccccc1. The van der Waals surface area contributed by atoms with Crippen molar-refractivity contribution in [2.45, 2.75) is 13.0 Å². The average Bonchev–Trinajstić information content (AvgIpc) is 2.88. The topological polar surface area (TPSA) is 98.7 Å². The smallest absolute Gasteiger partial charge is 0.357 e. The first-order valence-electron chi connectivity index (χ1n) is 10.5. The molecular formula is C25H25N3O5. The van der Waals surface area contributed by atoms with Crippen LogP contribution in [0.4, 0.5) is 5.69 Å². The van der Waals surface area contributed by atoms with Crippen molar-refractivity contribution in [2.75, 3.05) is 25.2 Å². The summed E-state index contributed by atoms with van der Waals surface area (Å²) in [6.07, 6.45) is 2.77. The number of ether oxygens (including phenoxy) is 2. The highest BCUT2D eigenvalue weighted by Crippen LogP contribution is 2.18. The maximum absolute atomic E-state index is 13.2. The van der Waals surface area contributed by atoms with E-state index in [0.717, 1.165) is 5.56 Å². The summed E-state index contributed by atoms with van der Waals surface area (Å²) in [5, 5.41) is 0. The normalized spacial score (nSPS) is 11.4. The number of hydrogen-bond acceptors (Lipinski definition) is 7. The van der Waals surface area contributed by atoms with Crippen molar-refractivity contribution < 1.29 is 23.9 Å². The lowest BCUT2D eigenvalue weighted by atomic mass is 9.99. The van der Waals surface area contributed by atoms with Crippen LogP contribution in [0.3, 0.4) is 0 Å². The molecule has 8 heteroatoms.